The SMILES string of the molecule is Cc1[nH]c2ccccc2c1C(=O)N1CCCN(C(=O)NC(C)C)CC1. The highest BCUT2D eigenvalue weighted by molar-refractivity contribution is 6.08. The summed E-state index contributed by atoms with van der Waals surface area (Å²) in [6.07, 6.45) is 0.790. The molecule has 2 N–H and O–H groups in total. The van der Waals surface area contributed by atoms with Crippen LogP contribution in [0.15, 0.2) is 24.3 Å². The summed E-state index contributed by atoms with van der Waals surface area (Å²) in [5.41, 5.74) is 2.62. The van der Waals surface area contributed by atoms with Crippen molar-refractivity contribution in [3.8, 4) is 0 Å². The zero-order valence-electron chi connectivity index (χ0n) is 15.1. The highest BCUT2D eigenvalue weighted by atomic mass is 16.2. The fourth-order valence-corrected chi connectivity index (χ4v) is 3.37. The second-order valence-electron chi connectivity index (χ2n) is 6.91. The van der Waals surface area contributed by atoms with Crippen LogP contribution < -0.4 is 5.32 Å². The molecule has 0 aliphatic carbocycles. The van der Waals surface area contributed by atoms with Gasteiger partial charge >= 0.3 is 6.03 Å². The first-order valence-electron chi connectivity index (χ1n) is 8.89. The lowest BCUT2D eigenvalue weighted by atomic mass is 10.1. The maximum Gasteiger partial charge on any atom is 0.317 e. The number of nitrogens with one attached hydrogen (secondary N) is 2. The maximum atomic E-state index is 13.1. The Morgan fingerprint density at radius 2 is 1.76 bits per heavy atom. The molecule has 2 aromatic rings. The van der Waals surface area contributed by atoms with Gasteiger partial charge in [-0.25, -0.2) is 4.79 Å². The minimum Gasteiger partial charge on any atom is -0.358 e. The molecule has 3 amide bonds. The second kappa shape index (κ2) is 7.17. The summed E-state index contributed by atoms with van der Waals surface area (Å²) in [5.74, 6) is 0.0427. The molecule has 1 aromatic heterocycles. The van der Waals surface area contributed by atoms with Gasteiger partial charge in [0.05, 0.1) is 5.56 Å². The van der Waals surface area contributed by atoms with Crippen molar-refractivity contribution >= 4 is 22.8 Å². The monoisotopic (exact) mass is 342 g/mol. The highest BCUT2D eigenvalue weighted by Crippen LogP contribution is 2.23. The number of aromatic amines is 1. The van der Waals surface area contributed by atoms with E-state index in [1.807, 2.05) is 49.9 Å². The number of aryl methyl sites for hydroxylation is 1. The third-order valence-electron chi connectivity index (χ3n) is 4.59. The number of fused-ring (bicyclic) bond motifs is 1. The van der Waals surface area contributed by atoms with Crippen molar-refractivity contribution < 1.29 is 9.59 Å². The van der Waals surface area contributed by atoms with E-state index in [1.54, 1.807) is 4.90 Å². The minimum atomic E-state index is -0.0485. The minimum absolute atomic E-state index is 0.0427. The van der Waals surface area contributed by atoms with Gasteiger partial charge < -0.3 is 20.1 Å². The average molecular weight is 342 g/mol. The number of carbonyl (C=O) groups is 2. The predicted molar refractivity (Wildman–Crippen MR) is 98.8 cm³/mol. The van der Waals surface area contributed by atoms with Gasteiger partial charge in [0.2, 0.25) is 0 Å². The lowest BCUT2D eigenvalue weighted by Gasteiger charge is -2.23. The Morgan fingerprint density at radius 1 is 1.08 bits per heavy atom. The molecule has 0 bridgehead atoms. The third-order valence-corrected chi connectivity index (χ3v) is 4.59. The Morgan fingerprint density at radius 3 is 2.52 bits per heavy atom. The maximum absolute atomic E-state index is 13.1. The van der Waals surface area contributed by atoms with Crippen LogP contribution in [0.3, 0.4) is 0 Å². The van der Waals surface area contributed by atoms with Crippen molar-refractivity contribution in [1.82, 2.24) is 20.1 Å². The van der Waals surface area contributed by atoms with Crippen molar-refractivity contribution in [3.63, 3.8) is 0 Å². The van der Waals surface area contributed by atoms with Gasteiger partial charge in [-0.2, -0.15) is 0 Å². The van der Waals surface area contributed by atoms with Gasteiger partial charge in [0.1, 0.15) is 0 Å². The number of rotatable bonds is 2. The summed E-state index contributed by atoms with van der Waals surface area (Å²) in [6, 6.07) is 7.94. The Bertz CT molecular complexity index is 781. The summed E-state index contributed by atoms with van der Waals surface area (Å²) in [5, 5.41) is 3.89. The standard InChI is InChI=1S/C19H26N4O2/c1-13(2)20-19(25)23-10-6-9-22(11-12-23)18(24)17-14(3)21-16-8-5-4-7-15(16)17/h4-5,7-8,13,21H,6,9-12H2,1-3H3,(H,20,25). The van der Waals surface area contributed by atoms with E-state index in [2.05, 4.69) is 10.3 Å². The fourth-order valence-electron chi connectivity index (χ4n) is 3.37. The average Bonchev–Trinajstić information content (AvgIpc) is 2.74. The van der Waals surface area contributed by atoms with Crippen molar-refractivity contribution in [2.75, 3.05) is 26.2 Å². The van der Waals surface area contributed by atoms with Crippen molar-refractivity contribution in [2.45, 2.75) is 33.2 Å². The molecular weight excluding hydrogens is 316 g/mol. The summed E-state index contributed by atoms with van der Waals surface area (Å²) >= 11 is 0. The molecule has 0 atom stereocenters. The van der Waals surface area contributed by atoms with E-state index in [-0.39, 0.29) is 18.0 Å². The second-order valence-corrected chi connectivity index (χ2v) is 6.91. The first-order valence-corrected chi connectivity index (χ1v) is 8.89. The summed E-state index contributed by atoms with van der Waals surface area (Å²) in [7, 11) is 0. The van der Waals surface area contributed by atoms with Crippen LogP contribution in [-0.4, -0.2) is 58.9 Å². The molecule has 2 heterocycles. The Balaban J connectivity index is 1.75. The number of hydrogen-bond donors (Lipinski definition) is 2. The number of benzene rings is 1. The van der Waals surface area contributed by atoms with Gasteiger partial charge in [-0.15, -0.1) is 0 Å². The van der Waals surface area contributed by atoms with E-state index in [0.29, 0.717) is 26.2 Å². The van der Waals surface area contributed by atoms with Crippen molar-refractivity contribution in [2.24, 2.45) is 0 Å². The van der Waals surface area contributed by atoms with Gasteiger partial charge in [-0.1, -0.05) is 18.2 Å². The molecule has 0 radical (unpaired) electrons. The zero-order valence-corrected chi connectivity index (χ0v) is 15.1. The highest BCUT2D eigenvalue weighted by Gasteiger charge is 2.25. The van der Waals surface area contributed by atoms with Crippen molar-refractivity contribution in [1.29, 1.82) is 0 Å². The zero-order chi connectivity index (χ0) is 18.0. The van der Waals surface area contributed by atoms with Gasteiger partial charge in [0, 0.05) is 48.8 Å². The number of H-pyrrole nitrogens is 1. The normalized spacial score (nSPS) is 15.5. The molecule has 0 saturated carbocycles. The van der Waals surface area contributed by atoms with E-state index in [1.165, 1.54) is 0 Å². The van der Waals surface area contributed by atoms with E-state index in [0.717, 1.165) is 28.6 Å². The van der Waals surface area contributed by atoms with Crippen LogP contribution in [0.4, 0.5) is 4.79 Å². The lowest BCUT2D eigenvalue weighted by Crippen LogP contribution is -2.44. The molecule has 1 saturated heterocycles. The molecule has 1 aliphatic heterocycles. The number of urea groups is 1. The quantitative estimate of drug-likeness (QED) is 0.881. The molecule has 1 aliphatic rings. The van der Waals surface area contributed by atoms with Crippen LogP contribution in [0.25, 0.3) is 10.9 Å². The number of nitrogens with zero attached hydrogens (tertiary/aromatic N) is 2. The summed E-state index contributed by atoms with van der Waals surface area (Å²) in [6.45, 7) is 8.30. The number of aromatic nitrogens is 1. The van der Waals surface area contributed by atoms with Gasteiger partial charge in [0.15, 0.2) is 0 Å². The molecule has 6 nitrogen and oxygen atoms in total. The molecule has 25 heavy (non-hydrogen) atoms. The van der Waals surface area contributed by atoms with Crippen LogP contribution in [0.2, 0.25) is 0 Å². The van der Waals surface area contributed by atoms with Crippen molar-refractivity contribution in [3.05, 3.63) is 35.5 Å². The van der Waals surface area contributed by atoms with E-state index in [4.69, 9.17) is 0 Å². The van der Waals surface area contributed by atoms with E-state index >= 15 is 0 Å². The van der Waals surface area contributed by atoms with E-state index < -0.39 is 0 Å². The first-order chi connectivity index (χ1) is 12.0. The fraction of sp³-hybridized carbons (Fsp3) is 0.474. The van der Waals surface area contributed by atoms with Gasteiger partial charge in [0.25, 0.3) is 5.91 Å². The largest absolute Gasteiger partial charge is 0.358 e. The molecule has 134 valence electrons. The molecule has 1 fully saturated rings. The molecular formula is C19H26N4O2. The van der Waals surface area contributed by atoms with E-state index in [9.17, 15) is 9.59 Å². The summed E-state index contributed by atoms with van der Waals surface area (Å²) < 4.78 is 0. The molecule has 3 rings (SSSR count). The number of para-hydroxylation sites is 1. The molecule has 0 spiro atoms. The molecule has 1 aromatic carbocycles. The Hall–Kier alpha value is -2.50. The lowest BCUT2D eigenvalue weighted by molar-refractivity contribution is 0.0763. The third kappa shape index (κ3) is 3.62. The Labute approximate surface area is 148 Å². The van der Waals surface area contributed by atoms with Crippen LogP contribution >= 0.6 is 0 Å². The number of amides is 3. The van der Waals surface area contributed by atoms with Crippen LogP contribution in [0, 0.1) is 6.92 Å². The van der Waals surface area contributed by atoms with Crippen LogP contribution in [0.1, 0.15) is 36.3 Å². The predicted octanol–water partition coefficient (Wildman–Crippen LogP) is 2.74. The molecule has 0 unspecified atom stereocenters. The van der Waals surface area contributed by atoms with Gasteiger partial charge in [-0.3, -0.25) is 4.79 Å². The number of carbonyl (C=O) groups excluding carboxylic acids is 2. The smallest absolute Gasteiger partial charge is 0.317 e. The van der Waals surface area contributed by atoms with Gasteiger partial charge in [-0.05, 0) is 33.3 Å². The van der Waals surface area contributed by atoms with Crippen LogP contribution in [-0.2, 0) is 0 Å². The topological polar surface area (TPSA) is 68.4 Å². The van der Waals surface area contributed by atoms with Crippen LogP contribution in [0.5, 0.6) is 0 Å². The summed E-state index contributed by atoms with van der Waals surface area (Å²) in [4.78, 5) is 32.2. The number of hydrogen-bond acceptors (Lipinski definition) is 2. The Kier molecular flexibility index (Phi) is 4.97. The first kappa shape index (κ1) is 17.3. The molecule has 6 heteroatoms.